The van der Waals surface area contributed by atoms with Crippen LogP contribution in [0.5, 0.6) is 0 Å². The van der Waals surface area contributed by atoms with E-state index >= 15 is 0 Å². The Morgan fingerprint density at radius 1 is 1.33 bits per heavy atom. The Labute approximate surface area is 90.7 Å². The number of nitrogens with one attached hydrogen (secondary N) is 1. The minimum absolute atomic E-state index is 0.122. The standard InChI is InChI=1S/C13H17NO/c1-7(2)13-9(4)8(3)5-11-10(13)6-12(15)14-11/h5,7H,6H2,1-4H3,(H,14,15). The topological polar surface area (TPSA) is 29.1 Å². The second-order valence-corrected chi connectivity index (χ2v) is 4.64. The van der Waals surface area contributed by atoms with Gasteiger partial charge in [0.05, 0.1) is 6.42 Å². The van der Waals surface area contributed by atoms with E-state index in [1.54, 1.807) is 0 Å². The number of carbonyl (C=O) groups excluding carboxylic acids is 1. The van der Waals surface area contributed by atoms with E-state index in [4.69, 9.17) is 0 Å². The van der Waals surface area contributed by atoms with Gasteiger partial charge in [0.1, 0.15) is 0 Å². The summed E-state index contributed by atoms with van der Waals surface area (Å²) in [6.45, 7) is 8.62. The van der Waals surface area contributed by atoms with E-state index in [0.717, 1.165) is 5.69 Å². The third kappa shape index (κ3) is 1.54. The third-order valence-corrected chi connectivity index (χ3v) is 3.20. The molecule has 80 valence electrons. The number of benzene rings is 1. The first kappa shape index (κ1) is 10.2. The molecule has 0 radical (unpaired) electrons. The number of rotatable bonds is 1. The maximum Gasteiger partial charge on any atom is 0.228 e. The molecule has 0 saturated heterocycles. The summed E-state index contributed by atoms with van der Waals surface area (Å²) in [5.41, 5.74) is 6.17. The molecule has 0 aromatic heterocycles. The lowest BCUT2D eigenvalue weighted by Gasteiger charge is -2.16. The Hall–Kier alpha value is -1.31. The van der Waals surface area contributed by atoms with E-state index in [1.807, 2.05) is 0 Å². The Morgan fingerprint density at radius 2 is 2.00 bits per heavy atom. The van der Waals surface area contributed by atoms with E-state index in [9.17, 15) is 4.79 Å². The molecular formula is C13H17NO. The molecule has 1 aliphatic rings. The number of amides is 1. The lowest BCUT2D eigenvalue weighted by molar-refractivity contribution is -0.115. The molecule has 1 aromatic carbocycles. The van der Waals surface area contributed by atoms with Gasteiger partial charge >= 0.3 is 0 Å². The zero-order valence-electron chi connectivity index (χ0n) is 9.77. The SMILES string of the molecule is Cc1cc2c(c(C(C)C)c1C)CC(=O)N2. The van der Waals surface area contributed by atoms with E-state index in [2.05, 4.69) is 39.1 Å². The van der Waals surface area contributed by atoms with Crippen LogP contribution in [0.3, 0.4) is 0 Å². The molecule has 0 saturated carbocycles. The minimum atomic E-state index is 0.122. The summed E-state index contributed by atoms with van der Waals surface area (Å²) in [5, 5.41) is 2.92. The lowest BCUT2D eigenvalue weighted by Crippen LogP contribution is -2.03. The number of hydrogen-bond acceptors (Lipinski definition) is 1. The molecule has 15 heavy (non-hydrogen) atoms. The largest absolute Gasteiger partial charge is 0.326 e. The molecule has 0 spiro atoms. The predicted octanol–water partition coefficient (Wildman–Crippen LogP) is 2.92. The first-order valence-electron chi connectivity index (χ1n) is 5.43. The summed E-state index contributed by atoms with van der Waals surface area (Å²) in [4.78, 5) is 11.4. The number of hydrogen-bond donors (Lipinski definition) is 1. The van der Waals surface area contributed by atoms with Crippen molar-refractivity contribution in [2.24, 2.45) is 0 Å². The Morgan fingerprint density at radius 3 is 2.60 bits per heavy atom. The van der Waals surface area contributed by atoms with Gasteiger partial charge in [0.2, 0.25) is 5.91 Å². The minimum Gasteiger partial charge on any atom is -0.326 e. The van der Waals surface area contributed by atoms with Gasteiger partial charge in [-0.3, -0.25) is 4.79 Å². The summed E-state index contributed by atoms with van der Waals surface area (Å²) in [5.74, 6) is 0.600. The van der Waals surface area contributed by atoms with Gasteiger partial charge in [0.25, 0.3) is 0 Å². The van der Waals surface area contributed by atoms with E-state index in [0.29, 0.717) is 12.3 Å². The van der Waals surface area contributed by atoms with Crippen molar-refractivity contribution in [3.8, 4) is 0 Å². The Balaban J connectivity index is 2.67. The summed E-state index contributed by atoms with van der Waals surface area (Å²) in [6, 6.07) is 2.08. The molecule has 1 aromatic rings. The van der Waals surface area contributed by atoms with Gasteiger partial charge in [0.15, 0.2) is 0 Å². The van der Waals surface area contributed by atoms with Crippen molar-refractivity contribution >= 4 is 11.6 Å². The van der Waals surface area contributed by atoms with E-state index < -0.39 is 0 Å². The maximum absolute atomic E-state index is 11.4. The summed E-state index contributed by atoms with van der Waals surface area (Å²) in [6.07, 6.45) is 0.546. The summed E-state index contributed by atoms with van der Waals surface area (Å²) in [7, 11) is 0. The molecule has 1 heterocycles. The number of carbonyl (C=O) groups is 1. The van der Waals surface area contributed by atoms with Gasteiger partial charge in [-0.05, 0) is 48.1 Å². The molecule has 0 atom stereocenters. The van der Waals surface area contributed by atoms with Gasteiger partial charge in [0, 0.05) is 5.69 Å². The highest BCUT2D eigenvalue weighted by molar-refractivity contribution is 6.00. The fraction of sp³-hybridized carbons (Fsp3) is 0.462. The maximum atomic E-state index is 11.4. The van der Waals surface area contributed by atoms with Crippen LogP contribution >= 0.6 is 0 Å². The highest BCUT2D eigenvalue weighted by Gasteiger charge is 2.24. The highest BCUT2D eigenvalue weighted by atomic mass is 16.1. The van der Waals surface area contributed by atoms with Crippen molar-refractivity contribution in [2.45, 2.75) is 40.0 Å². The van der Waals surface area contributed by atoms with Crippen LogP contribution in [0.2, 0.25) is 0 Å². The Bertz CT molecular complexity index is 433. The average Bonchev–Trinajstić information content (AvgIpc) is 2.46. The van der Waals surface area contributed by atoms with Crippen LogP contribution < -0.4 is 5.32 Å². The zero-order valence-corrected chi connectivity index (χ0v) is 9.77. The van der Waals surface area contributed by atoms with Crippen LogP contribution in [0.25, 0.3) is 0 Å². The van der Waals surface area contributed by atoms with Gasteiger partial charge in [-0.15, -0.1) is 0 Å². The number of aryl methyl sites for hydroxylation is 1. The second kappa shape index (κ2) is 3.37. The second-order valence-electron chi connectivity index (χ2n) is 4.64. The molecule has 0 unspecified atom stereocenters. The van der Waals surface area contributed by atoms with Crippen molar-refractivity contribution in [3.05, 3.63) is 28.3 Å². The molecular weight excluding hydrogens is 186 g/mol. The summed E-state index contributed by atoms with van der Waals surface area (Å²) >= 11 is 0. The van der Waals surface area contributed by atoms with E-state index in [1.165, 1.54) is 22.3 Å². The van der Waals surface area contributed by atoms with Crippen molar-refractivity contribution in [1.29, 1.82) is 0 Å². The molecule has 0 bridgehead atoms. The van der Waals surface area contributed by atoms with Crippen LogP contribution in [0.1, 0.15) is 42.0 Å². The van der Waals surface area contributed by atoms with E-state index in [-0.39, 0.29) is 5.91 Å². The molecule has 2 nitrogen and oxygen atoms in total. The zero-order chi connectivity index (χ0) is 11.2. The van der Waals surface area contributed by atoms with Crippen LogP contribution in [0.4, 0.5) is 5.69 Å². The van der Waals surface area contributed by atoms with Gasteiger partial charge < -0.3 is 5.32 Å². The molecule has 2 rings (SSSR count). The Kier molecular flexibility index (Phi) is 2.29. The van der Waals surface area contributed by atoms with Crippen molar-refractivity contribution in [2.75, 3.05) is 5.32 Å². The predicted molar refractivity (Wildman–Crippen MR) is 62.3 cm³/mol. The number of fused-ring (bicyclic) bond motifs is 1. The van der Waals surface area contributed by atoms with Crippen molar-refractivity contribution in [1.82, 2.24) is 0 Å². The van der Waals surface area contributed by atoms with Crippen molar-refractivity contribution < 1.29 is 4.79 Å². The van der Waals surface area contributed by atoms with Crippen LogP contribution in [0.15, 0.2) is 6.07 Å². The van der Waals surface area contributed by atoms with Gasteiger partial charge in [-0.25, -0.2) is 0 Å². The molecule has 0 fully saturated rings. The number of anilines is 1. The smallest absolute Gasteiger partial charge is 0.228 e. The summed E-state index contributed by atoms with van der Waals surface area (Å²) < 4.78 is 0. The fourth-order valence-electron chi connectivity index (χ4n) is 2.43. The average molecular weight is 203 g/mol. The molecule has 2 heteroatoms. The van der Waals surface area contributed by atoms with Crippen LogP contribution in [-0.4, -0.2) is 5.91 Å². The molecule has 1 amide bonds. The van der Waals surface area contributed by atoms with Gasteiger partial charge in [-0.2, -0.15) is 0 Å². The fourth-order valence-corrected chi connectivity index (χ4v) is 2.43. The normalized spacial score (nSPS) is 14.3. The third-order valence-electron chi connectivity index (χ3n) is 3.20. The highest BCUT2D eigenvalue weighted by Crippen LogP contribution is 2.35. The monoisotopic (exact) mass is 203 g/mol. The lowest BCUT2D eigenvalue weighted by atomic mass is 9.88. The first-order chi connectivity index (χ1) is 7.00. The van der Waals surface area contributed by atoms with Crippen molar-refractivity contribution in [3.63, 3.8) is 0 Å². The first-order valence-corrected chi connectivity index (χ1v) is 5.43. The molecule has 0 aliphatic carbocycles. The molecule has 1 aliphatic heterocycles. The van der Waals surface area contributed by atoms with Crippen LogP contribution in [0, 0.1) is 13.8 Å². The molecule has 1 N–H and O–H groups in total. The quantitative estimate of drug-likeness (QED) is 0.747. The van der Waals surface area contributed by atoms with Crippen LogP contribution in [-0.2, 0) is 11.2 Å². The van der Waals surface area contributed by atoms with Gasteiger partial charge in [-0.1, -0.05) is 13.8 Å².